The van der Waals surface area contributed by atoms with Gasteiger partial charge in [0, 0.05) is 0 Å². The molecule has 228 valence electrons. The molecule has 0 saturated carbocycles. The smallest absolute Gasteiger partial charge is 0.308 e. The SMILES string of the molecule is O=P1(CCc2cccc3cc4ccccc4cc23)OCC2(CO1)COP(=O)(CCc1cccc3cc4ccccc4cc13)OC2. The normalized spacial score (nSPS) is 25.4. The highest BCUT2D eigenvalue weighted by molar-refractivity contribution is 7.54. The quantitative estimate of drug-likeness (QED) is 0.134. The van der Waals surface area contributed by atoms with Gasteiger partial charge in [0.15, 0.2) is 0 Å². The molecule has 6 aromatic carbocycles. The van der Waals surface area contributed by atoms with Crippen LogP contribution < -0.4 is 0 Å². The average Bonchev–Trinajstić information content (AvgIpc) is 3.07. The van der Waals surface area contributed by atoms with E-state index in [9.17, 15) is 9.13 Å². The first-order valence-electron chi connectivity index (χ1n) is 15.5. The van der Waals surface area contributed by atoms with Gasteiger partial charge in [-0.3, -0.25) is 9.13 Å². The van der Waals surface area contributed by atoms with Crippen LogP contribution >= 0.6 is 15.2 Å². The van der Waals surface area contributed by atoms with E-state index < -0.39 is 20.6 Å². The van der Waals surface area contributed by atoms with Gasteiger partial charge in [-0.25, -0.2) is 0 Å². The number of aryl methyl sites for hydroxylation is 2. The molecule has 2 aliphatic heterocycles. The molecular weight excluding hydrogens is 602 g/mol. The third-order valence-electron chi connectivity index (χ3n) is 9.25. The minimum absolute atomic E-state index is 0.181. The minimum Gasteiger partial charge on any atom is -0.308 e. The Morgan fingerprint density at radius 1 is 0.467 bits per heavy atom. The Bertz CT molecular complexity index is 1990. The van der Waals surface area contributed by atoms with E-state index in [-0.39, 0.29) is 38.8 Å². The van der Waals surface area contributed by atoms with Gasteiger partial charge in [-0.2, -0.15) is 0 Å². The molecule has 0 aliphatic carbocycles. The van der Waals surface area contributed by atoms with Crippen molar-refractivity contribution in [3.63, 3.8) is 0 Å². The van der Waals surface area contributed by atoms with Gasteiger partial charge in [-0.15, -0.1) is 0 Å². The molecule has 0 atom stereocenters. The van der Waals surface area contributed by atoms with Crippen molar-refractivity contribution < 1.29 is 27.2 Å². The summed E-state index contributed by atoms with van der Waals surface area (Å²) in [4.78, 5) is 0. The molecule has 2 heterocycles. The monoisotopic (exact) mass is 636 g/mol. The van der Waals surface area contributed by atoms with Crippen LogP contribution in [0.3, 0.4) is 0 Å². The van der Waals surface area contributed by atoms with Crippen LogP contribution in [0.25, 0.3) is 43.1 Å². The molecular formula is C37H34O6P2. The first kappa shape index (κ1) is 29.1. The standard InChI is InChI=1S/C37H34O6P2/c38-44(17-15-27-11-5-13-33-19-29-7-1-3-9-31(29)21-35(27)33)40-23-37(24-41-44)25-42-45(39,43-26-37)18-16-28-12-6-14-34-20-30-8-2-4-10-32(30)22-36(28)34/h1-14,19-22H,15-18,23-26H2. The van der Waals surface area contributed by atoms with Crippen LogP contribution in [0.1, 0.15) is 11.1 Å². The Balaban J connectivity index is 0.894. The third kappa shape index (κ3) is 5.77. The van der Waals surface area contributed by atoms with Gasteiger partial charge in [0.25, 0.3) is 0 Å². The molecule has 0 unspecified atom stereocenters. The molecule has 0 radical (unpaired) electrons. The highest BCUT2D eigenvalue weighted by Gasteiger charge is 2.48. The van der Waals surface area contributed by atoms with Crippen molar-refractivity contribution in [1.29, 1.82) is 0 Å². The minimum atomic E-state index is -3.30. The van der Waals surface area contributed by atoms with E-state index >= 15 is 0 Å². The second kappa shape index (κ2) is 11.5. The molecule has 2 aliphatic rings. The summed E-state index contributed by atoms with van der Waals surface area (Å²) < 4.78 is 50.9. The molecule has 2 fully saturated rings. The van der Waals surface area contributed by atoms with E-state index in [1.165, 1.54) is 21.5 Å². The van der Waals surface area contributed by atoms with Gasteiger partial charge < -0.3 is 18.1 Å². The summed E-state index contributed by atoms with van der Waals surface area (Å²) >= 11 is 0. The second-order valence-corrected chi connectivity index (χ2v) is 16.8. The molecule has 0 bridgehead atoms. The Morgan fingerprint density at radius 2 is 0.822 bits per heavy atom. The van der Waals surface area contributed by atoms with Crippen molar-refractivity contribution in [3.05, 3.63) is 120 Å². The summed E-state index contributed by atoms with van der Waals surface area (Å²) in [5, 5.41) is 9.36. The number of rotatable bonds is 6. The lowest BCUT2D eigenvalue weighted by atomic mass is 9.93. The van der Waals surface area contributed by atoms with Gasteiger partial charge in [-0.1, -0.05) is 84.9 Å². The zero-order valence-corrected chi connectivity index (χ0v) is 26.7. The molecule has 6 nitrogen and oxygen atoms in total. The number of hydrogen-bond donors (Lipinski definition) is 0. The zero-order valence-electron chi connectivity index (χ0n) is 24.9. The maximum Gasteiger partial charge on any atom is 0.331 e. The van der Waals surface area contributed by atoms with Gasteiger partial charge >= 0.3 is 15.2 Å². The van der Waals surface area contributed by atoms with E-state index in [2.05, 4.69) is 72.8 Å². The summed E-state index contributed by atoms with van der Waals surface area (Å²) in [6.07, 6.45) is 1.73. The fourth-order valence-electron chi connectivity index (χ4n) is 6.54. The maximum atomic E-state index is 13.6. The number of benzene rings is 6. The summed E-state index contributed by atoms with van der Waals surface area (Å²) in [5.41, 5.74) is 1.61. The van der Waals surface area contributed by atoms with E-state index in [1.807, 2.05) is 36.4 Å². The average molecular weight is 637 g/mol. The Hall–Kier alpha value is -3.34. The van der Waals surface area contributed by atoms with E-state index in [1.54, 1.807) is 0 Å². The lowest BCUT2D eigenvalue weighted by Crippen LogP contribution is -2.46. The Morgan fingerprint density at radius 3 is 1.22 bits per heavy atom. The van der Waals surface area contributed by atoms with Crippen molar-refractivity contribution >= 4 is 58.3 Å². The topological polar surface area (TPSA) is 71.1 Å². The first-order valence-corrected chi connectivity index (χ1v) is 18.9. The highest BCUT2D eigenvalue weighted by Crippen LogP contribution is 2.59. The van der Waals surface area contributed by atoms with Gasteiger partial charge in [-0.05, 0) is 91.3 Å². The van der Waals surface area contributed by atoms with Crippen LogP contribution in [0.2, 0.25) is 0 Å². The van der Waals surface area contributed by atoms with E-state index in [0.29, 0.717) is 12.8 Å². The van der Waals surface area contributed by atoms with Gasteiger partial charge in [0.2, 0.25) is 0 Å². The van der Waals surface area contributed by atoms with Crippen LogP contribution in [0.5, 0.6) is 0 Å². The van der Waals surface area contributed by atoms with Crippen LogP contribution in [0, 0.1) is 5.41 Å². The second-order valence-electron chi connectivity index (χ2n) is 12.4. The summed E-state index contributed by atoms with van der Waals surface area (Å²) in [6.45, 7) is 0.726. The molecule has 8 rings (SSSR count). The lowest BCUT2D eigenvalue weighted by molar-refractivity contribution is -0.0683. The van der Waals surface area contributed by atoms with Crippen LogP contribution in [-0.2, 0) is 40.1 Å². The number of fused-ring (bicyclic) bond motifs is 4. The van der Waals surface area contributed by atoms with E-state index in [4.69, 9.17) is 18.1 Å². The highest BCUT2D eigenvalue weighted by atomic mass is 31.2. The van der Waals surface area contributed by atoms with Crippen molar-refractivity contribution in [2.24, 2.45) is 5.41 Å². The molecule has 0 N–H and O–H groups in total. The van der Waals surface area contributed by atoms with Crippen molar-refractivity contribution in [3.8, 4) is 0 Å². The Labute approximate surface area is 262 Å². The largest absolute Gasteiger partial charge is 0.331 e. The Kier molecular flexibility index (Phi) is 7.42. The molecule has 0 aromatic heterocycles. The van der Waals surface area contributed by atoms with Gasteiger partial charge in [0.1, 0.15) is 0 Å². The van der Waals surface area contributed by atoms with Crippen LogP contribution in [0.4, 0.5) is 0 Å². The fraction of sp³-hybridized carbons (Fsp3) is 0.243. The predicted molar refractivity (Wildman–Crippen MR) is 182 cm³/mol. The summed E-state index contributed by atoms with van der Waals surface area (Å²) in [7, 11) is -6.61. The molecule has 8 heteroatoms. The molecule has 0 amide bonds. The van der Waals surface area contributed by atoms with Crippen molar-refractivity contribution in [2.45, 2.75) is 12.8 Å². The summed E-state index contributed by atoms with van der Waals surface area (Å²) in [6, 6.07) is 37.9. The number of hydrogen-bond acceptors (Lipinski definition) is 6. The van der Waals surface area contributed by atoms with Crippen molar-refractivity contribution in [1.82, 2.24) is 0 Å². The van der Waals surface area contributed by atoms with Gasteiger partial charge in [0.05, 0.1) is 44.2 Å². The molecule has 2 saturated heterocycles. The maximum absolute atomic E-state index is 13.6. The molecule has 45 heavy (non-hydrogen) atoms. The first-order chi connectivity index (χ1) is 21.9. The van der Waals surface area contributed by atoms with Crippen molar-refractivity contribution in [2.75, 3.05) is 38.8 Å². The lowest BCUT2D eigenvalue weighted by Gasteiger charge is -2.43. The molecule has 6 aromatic rings. The predicted octanol–water partition coefficient (Wildman–Crippen LogP) is 9.55. The van der Waals surface area contributed by atoms with E-state index in [0.717, 1.165) is 32.7 Å². The van der Waals surface area contributed by atoms with Crippen LogP contribution in [-0.4, -0.2) is 38.8 Å². The van der Waals surface area contributed by atoms with Crippen LogP contribution in [0.15, 0.2) is 109 Å². The fourth-order valence-corrected chi connectivity index (χ4v) is 10.1. The zero-order chi connectivity index (χ0) is 30.5. The summed E-state index contributed by atoms with van der Waals surface area (Å²) in [5.74, 6) is 0. The molecule has 1 spiro atoms. The third-order valence-corrected chi connectivity index (χ3v) is 12.9.